The van der Waals surface area contributed by atoms with Crippen LogP contribution in [0, 0.1) is 0 Å². The third-order valence-corrected chi connectivity index (χ3v) is 1.32. The van der Waals surface area contributed by atoms with Crippen molar-refractivity contribution in [1.82, 2.24) is 0 Å². The Kier molecular flexibility index (Phi) is 7.91. The molecule has 58 valence electrons. The van der Waals surface area contributed by atoms with Crippen molar-refractivity contribution in [2.45, 2.75) is 32.6 Å². The van der Waals surface area contributed by atoms with Crippen molar-refractivity contribution < 1.29 is 4.39 Å². The van der Waals surface area contributed by atoms with Crippen molar-refractivity contribution >= 4 is 0 Å². The summed E-state index contributed by atoms with van der Waals surface area (Å²) in [6, 6.07) is 0. The number of unbranched alkanes of at least 4 members (excludes halogenated alkanes) is 3. The van der Waals surface area contributed by atoms with Crippen LogP contribution in [0.25, 0.3) is 0 Å². The van der Waals surface area contributed by atoms with E-state index in [2.05, 4.69) is 6.08 Å². The average molecular weight is 142 g/mol. The van der Waals surface area contributed by atoms with Gasteiger partial charge in [0.1, 0.15) is 0 Å². The van der Waals surface area contributed by atoms with Crippen LogP contribution in [0.2, 0.25) is 0 Å². The number of hydrogen-bond acceptors (Lipinski definition) is 0. The van der Waals surface area contributed by atoms with E-state index in [4.69, 9.17) is 0 Å². The lowest BCUT2D eigenvalue weighted by molar-refractivity contribution is 0.699. The molecular weight excluding hydrogens is 127 g/mol. The summed E-state index contributed by atoms with van der Waals surface area (Å²) in [6.07, 6.45) is 10.6. The molecule has 0 rings (SSSR count). The van der Waals surface area contributed by atoms with Crippen molar-refractivity contribution in [3.8, 4) is 0 Å². The number of allylic oxidation sites excluding steroid dienone is 3. The second-order valence-corrected chi connectivity index (χ2v) is 2.22. The molecule has 0 nitrogen and oxygen atoms in total. The molecule has 0 amide bonds. The molecule has 0 bridgehead atoms. The number of halogens is 1. The van der Waals surface area contributed by atoms with E-state index in [-0.39, 0.29) is 0 Å². The van der Waals surface area contributed by atoms with E-state index in [0.717, 1.165) is 25.7 Å². The molecule has 0 heterocycles. The van der Waals surface area contributed by atoms with Gasteiger partial charge in [0, 0.05) is 0 Å². The van der Waals surface area contributed by atoms with Crippen molar-refractivity contribution in [1.29, 1.82) is 0 Å². The molecule has 0 N–H and O–H groups in total. The normalized spacial score (nSPS) is 11.8. The van der Waals surface area contributed by atoms with Crippen molar-refractivity contribution in [2.24, 2.45) is 0 Å². The third-order valence-electron chi connectivity index (χ3n) is 1.32. The Bertz CT molecular complexity index is 89.3. The first-order chi connectivity index (χ1) is 4.91. The molecule has 0 unspecified atom stereocenters. The maximum Gasteiger partial charge on any atom is 0.0827 e. The predicted octanol–water partition coefficient (Wildman–Crippen LogP) is 3.61. The van der Waals surface area contributed by atoms with Crippen LogP contribution in [-0.2, 0) is 0 Å². The lowest BCUT2D eigenvalue weighted by Gasteiger charge is -1.90. The first-order valence-corrected chi connectivity index (χ1v) is 3.78. The summed E-state index contributed by atoms with van der Waals surface area (Å²) in [6.45, 7) is 2.02. The molecule has 0 radical (unpaired) electrons. The molecule has 0 aliphatic carbocycles. The number of hydrogen-bond donors (Lipinski definition) is 0. The quantitative estimate of drug-likeness (QED) is 0.406. The molecule has 0 saturated heterocycles. The standard InChI is InChI=1S/C9H15F/c1-2-3-4-5-6-7-8-9-10/h2-3,8-9H,4-7H2,1H3/b3-2+,9-8+. The fourth-order valence-corrected chi connectivity index (χ4v) is 0.754. The Morgan fingerprint density at radius 2 is 1.70 bits per heavy atom. The molecule has 0 aliphatic heterocycles. The Balaban J connectivity index is 2.90. The Labute approximate surface area is 62.4 Å². The molecule has 10 heavy (non-hydrogen) atoms. The van der Waals surface area contributed by atoms with E-state index in [9.17, 15) is 4.39 Å². The van der Waals surface area contributed by atoms with Crippen LogP contribution in [0.15, 0.2) is 24.6 Å². The van der Waals surface area contributed by atoms with Gasteiger partial charge in [-0.3, -0.25) is 0 Å². The summed E-state index contributed by atoms with van der Waals surface area (Å²) in [5.41, 5.74) is 0. The van der Waals surface area contributed by atoms with Gasteiger partial charge in [0.25, 0.3) is 0 Å². The van der Waals surface area contributed by atoms with Gasteiger partial charge in [-0.05, 0) is 32.6 Å². The van der Waals surface area contributed by atoms with Crippen LogP contribution < -0.4 is 0 Å². The van der Waals surface area contributed by atoms with Crippen LogP contribution >= 0.6 is 0 Å². The summed E-state index contributed by atoms with van der Waals surface area (Å²) in [4.78, 5) is 0. The molecule has 0 atom stereocenters. The number of rotatable bonds is 5. The van der Waals surface area contributed by atoms with Crippen molar-refractivity contribution in [2.75, 3.05) is 0 Å². The maximum atomic E-state index is 11.4. The smallest absolute Gasteiger partial charge is 0.0827 e. The minimum atomic E-state index is 0.621. The Morgan fingerprint density at radius 3 is 2.20 bits per heavy atom. The first kappa shape index (κ1) is 9.41. The Morgan fingerprint density at radius 1 is 1.10 bits per heavy atom. The zero-order valence-electron chi connectivity index (χ0n) is 6.52. The summed E-state index contributed by atoms with van der Waals surface area (Å²) in [7, 11) is 0. The summed E-state index contributed by atoms with van der Waals surface area (Å²) < 4.78 is 11.4. The van der Waals surface area contributed by atoms with E-state index in [1.165, 1.54) is 0 Å². The molecule has 1 heteroatoms. The highest BCUT2D eigenvalue weighted by molar-refractivity contribution is 4.77. The Hall–Kier alpha value is -0.590. The average Bonchev–Trinajstić information content (AvgIpc) is 1.97. The van der Waals surface area contributed by atoms with E-state index in [0.29, 0.717) is 6.33 Å². The van der Waals surface area contributed by atoms with Gasteiger partial charge in [0.05, 0.1) is 6.33 Å². The highest BCUT2D eigenvalue weighted by Gasteiger charge is 1.81. The van der Waals surface area contributed by atoms with E-state index >= 15 is 0 Å². The SMILES string of the molecule is C/C=C/CCCC/C=C/F. The van der Waals surface area contributed by atoms with Gasteiger partial charge in [-0.25, -0.2) is 4.39 Å². The van der Waals surface area contributed by atoms with Crippen LogP contribution in [-0.4, -0.2) is 0 Å². The van der Waals surface area contributed by atoms with Crippen LogP contribution in [0.3, 0.4) is 0 Å². The summed E-state index contributed by atoms with van der Waals surface area (Å²) >= 11 is 0. The summed E-state index contributed by atoms with van der Waals surface area (Å²) in [5, 5.41) is 0. The largest absolute Gasteiger partial charge is 0.216 e. The highest BCUT2D eigenvalue weighted by Crippen LogP contribution is 2.01. The van der Waals surface area contributed by atoms with Gasteiger partial charge in [-0.1, -0.05) is 18.2 Å². The van der Waals surface area contributed by atoms with E-state index in [1.54, 1.807) is 6.08 Å². The van der Waals surface area contributed by atoms with Gasteiger partial charge in [-0.2, -0.15) is 0 Å². The monoisotopic (exact) mass is 142 g/mol. The van der Waals surface area contributed by atoms with Crippen molar-refractivity contribution in [3.05, 3.63) is 24.6 Å². The molecule has 0 fully saturated rings. The van der Waals surface area contributed by atoms with E-state index in [1.807, 2.05) is 13.0 Å². The fourth-order valence-electron chi connectivity index (χ4n) is 0.754. The molecule has 0 saturated carbocycles. The topological polar surface area (TPSA) is 0 Å². The van der Waals surface area contributed by atoms with Crippen LogP contribution in [0.5, 0.6) is 0 Å². The summed E-state index contributed by atoms with van der Waals surface area (Å²) in [5.74, 6) is 0. The molecular formula is C9H15F. The first-order valence-electron chi connectivity index (χ1n) is 3.78. The molecule has 0 aromatic carbocycles. The second kappa shape index (κ2) is 8.41. The van der Waals surface area contributed by atoms with Crippen LogP contribution in [0.1, 0.15) is 32.6 Å². The fraction of sp³-hybridized carbons (Fsp3) is 0.556. The van der Waals surface area contributed by atoms with Gasteiger partial charge in [0.15, 0.2) is 0 Å². The highest BCUT2D eigenvalue weighted by atomic mass is 19.1. The third kappa shape index (κ3) is 7.41. The molecule has 0 aromatic rings. The second-order valence-electron chi connectivity index (χ2n) is 2.22. The van der Waals surface area contributed by atoms with E-state index < -0.39 is 0 Å². The van der Waals surface area contributed by atoms with Gasteiger partial charge < -0.3 is 0 Å². The minimum absolute atomic E-state index is 0.621. The van der Waals surface area contributed by atoms with Gasteiger partial charge in [0.2, 0.25) is 0 Å². The molecule has 0 spiro atoms. The molecule has 0 aromatic heterocycles. The lowest BCUT2D eigenvalue weighted by Crippen LogP contribution is -1.70. The zero-order chi connectivity index (χ0) is 7.66. The zero-order valence-corrected chi connectivity index (χ0v) is 6.52. The van der Waals surface area contributed by atoms with Crippen LogP contribution in [0.4, 0.5) is 4.39 Å². The van der Waals surface area contributed by atoms with Crippen molar-refractivity contribution in [3.63, 3.8) is 0 Å². The van der Waals surface area contributed by atoms with Gasteiger partial charge in [-0.15, -0.1) is 0 Å². The maximum absolute atomic E-state index is 11.4. The van der Waals surface area contributed by atoms with Gasteiger partial charge >= 0.3 is 0 Å². The minimum Gasteiger partial charge on any atom is -0.216 e. The predicted molar refractivity (Wildman–Crippen MR) is 43.5 cm³/mol. The molecule has 0 aliphatic rings. The lowest BCUT2D eigenvalue weighted by atomic mass is 10.2.